The van der Waals surface area contributed by atoms with Crippen LogP contribution in [0.3, 0.4) is 0 Å². The minimum atomic E-state index is -1.10. The predicted molar refractivity (Wildman–Crippen MR) is 51.1 cm³/mol. The minimum Gasteiger partial charge on any atom is -0.386 e. The highest BCUT2D eigenvalue weighted by atomic mass is 19.1. The molecule has 3 heteroatoms. The lowest BCUT2D eigenvalue weighted by Gasteiger charge is -2.25. The Morgan fingerprint density at radius 1 is 1.54 bits per heavy atom. The van der Waals surface area contributed by atoms with Crippen LogP contribution in [0.2, 0.25) is 6.32 Å². The largest absolute Gasteiger partial charge is 0.386 e. The van der Waals surface area contributed by atoms with E-state index in [1.165, 1.54) is 12.1 Å². The highest BCUT2D eigenvalue weighted by Crippen LogP contribution is 2.28. The Morgan fingerprint density at radius 2 is 2.23 bits per heavy atom. The maximum atomic E-state index is 12.8. The molecule has 0 heterocycles. The molecule has 1 N–H and O–H groups in total. The van der Waals surface area contributed by atoms with Crippen molar-refractivity contribution < 1.29 is 9.50 Å². The van der Waals surface area contributed by atoms with Crippen LogP contribution in [0.25, 0.3) is 0 Å². The molecular weight excluding hydrogens is 166 g/mol. The van der Waals surface area contributed by atoms with Crippen LogP contribution in [0.1, 0.15) is 18.9 Å². The van der Waals surface area contributed by atoms with Crippen LogP contribution in [-0.4, -0.2) is 13.0 Å². The van der Waals surface area contributed by atoms with Crippen LogP contribution in [0.4, 0.5) is 4.39 Å². The maximum Gasteiger partial charge on any atom is 0.123 e. The number of hydrogen-bond donors (Lipinski definition) is 1. The van der Waals surface area contributed by atoms with Crippen LogP contribution in [0.5, 0.6) is 0 Å². The highest BCUT2D eigenvalue weighted by Gasteiger charge is 2.24. The summed E-state index contributed by atoms with van der Waals surface area (Å²) in [5, 5.41) is 9.93. The first-order valence-corrected chi connectivity index (χ1v) is 4.31. The van der Waals surface area contributed by atoms with Crippen LogP contribution >= 0.6 is 0 Å². The lowest BCUT2D eigenvalue weighted by Crippen LogP contribution is -2.23. The Morgan fingerprint density at radius 3 is 2.69 bits per heavy atom. The third kappa shape index (κ3) is 2.10. The quantitative estimate of drug-likeness (QED) is 0.701. The molecule has 0 aliphatic carbocycles. The van der Waals surface area contributed by atoms with E-state index in [0.717, 1.165) is 0 Å². The predicted octanol–water partition coefficient (Wildman–Crippen LogP) is 2.01. The van der Waals surface area contributed by atoms with Crippen LogP contribution in [-0.2, 0) is 5.60 Å². The zero-order valence-corrected chi connectivity index (χ0v) is 7.63. The molecule has 0 aromatic heterocycles. The molecule has 0 bridgehead atoms. The fourth-order valence-electron chi connectivity index (χ4n) is 1.24. The fourth-order valence-corrected chi connectivity index (χ4v) is 1.24. The number of aliphatic hydroxyl groups is 1. The number of halogens is 1. The Bertz CT molecular complexity index is 284. The molecule has 0 spiro atoms. The van der Waals surface area contributed by atoms with Crippen molar-refractivity contribution >= 4 is 7.85 Å². The third-order valence-electron chi connectivity index (χ3n) is 2.28. The van der Waals surface area contributed by atoms with Crippen LogP contribution < -0.4 is 0 Å². The van der Waals surface area contributed by atoms with Crippen LogP contribution in [0.15, 0.2) is 24.3 Å². The molecule has 0 fully saturated rings. The standard InChI is InChI=1S/C10H12BFO/c1-2-10(13,7-11)8-4-3-5-9(12)6-8/h3-6,13H,2,7H2,1H3. The van der Waals surface area contributed by atoms with Gasteiger partial charge in [-0.15, -0.1) is 0 Å². The summed E-state index contributed by atoms with van der Waals surface area (Å²) in [6.07, 6.45) is 0.583. The first-order valence-electron chi connectivity index (χ1n) is 4.31. The molecule has 1 aromatic rings. The molecule has 68 valence electrons. The Kier molecular flexibility index (Phi) is 3.09. The van der Waals surface area contributed by atoms with E-state index in [2.05, 4.69) is 0 Å². The smallest absolute Gasteiger partial charge is 0.123 e. The van der Waals surface area contributed by atoms with Gasteiger partial charge in [-0.3, -0.25) is 0 Å². The average Bonchev–Trinajstić information content (AvgIpc) is 2.17. The summed E-state index contributed by atoms with van der Waals surface area (Å²) < 4.78 is 12.8. The molecule has 1 nitrogen and oxygen atoms in total. The number of hydrogen-bond acceptors (Lipinski definition) is 1. The second kappa shape index (κ2) is 3.92. The molecule has 0 saturated carbocycles. The van der Waals surface area contributed by atoms with E-state index in [4.69, 9.17) is 7.85 Å². The molecule has 0 aliphatic rings. The molecule has 13 heavy (non-hydrogen) atoms. The van der Waals surface area contributed by atoms with E-state index >= 15 is 0 Å². The molecular formula is C10H12BFO. The third-order valence-corrected chi connectivity index (χ3v) is 2.28. The van der Waals surface area contributed by atoms with Gasteiger partial charge in [0.15, 0.2) is 0 Å². The number of rotatable bonds is 3. The highest BCUT2D eigenvalue weighted by molar-refractivity contribution is 6.09. The Hall–Kier alpha value is -0.825. The van der Waals surface area contributed by atoms with Gasteiger partial charge in [0.05, 0.1) is 13.4 Å². The van der Waals surface area contributed by atoms with Crippen molar-refractivity contribution in [3.63, 3.8) is 0 Å². The summed E-state index contributed by atoms with van der Waals surface area (Å²) in [5.41, 5.74) is -0.556. The van der Waals surface area contributed by atoms with E-state index in [1.54, 1.807) is 12.1 Å². The van der Waals surface area contributed by atoms with Gasteiger partial charge < -0.3 is 5.11 Å². The van der Waals surface area contributed by atoms with Gasteiger partial charge in [-0.25, -0.2) is 4.39 Å². The van der Waals surface area contributed by atoms with Gasteiger partial charge in [0, 0.05) is 0 Å². The molecule has 0 aliphatic heterocycles. The molecule has 1 rings (SSSR count). The summed E-state index contributed by atoms with van der Waals surface area (Å²) in [5.74, 6) is -0.349. The van der Waals surface area contributed by atoms with Crippen LogP contribution in [0, 0.1) is 5.82 Å². The molecule has 1 aromatic carbocycles. The van der Waals surface area contributed by atoms with Gasteiger partial charge in [-0.05, 0) is 24.1 Å². The van der Waals surface area contributed by atoms with E-state index < -0.39 is 5.60 Å². The van der Waals surface area contributed by atoms with Gasteiger partial charge in [0.25, 0.3) is 0 Å². The van der Waals surface area contributed by atoms with Crippen molar-refractivity contribution in [2.75, 3.05) is 0 Å². The Labute approximate surface area is 79.0 Å². The maximum absolute atomic E-state index is 12.8. The fraction of sp³-hybridized carbons (Fsp3) is 0.400. The van der Waals surface area contributed by atoms with Gasteiger partial charge in [0.1, 0.15) is 5.82 Å². The molecule has 1 unspecified atom stereocenters. The van der Waals surface area contributed by atoms with Gasteiger partial charge in [-0.1, -0.05) is 25.4 Å². The summed E-state index contributed by atoms with van der Waals surface area (Å²) >= 11 is 0. The van der Waals surface area contributed by atoms with Gasteiger partial charge in [0.2, 0.25) is 0 Å². The molecule has 2 radical (unpaired) electrons. The summed E-state index contributed by atoms with van der Waals surface area (Å²) in [6.45, 7) is 1.82. The topological polar surface area (TPSA) is 20.2 Å². The Balaban J connectivity index is 3.05. The van der Waals surface area contributed by atoms with Gasteiger partial charge >= 0.3 is 0 Å². The van der Waals surface area contributed by atoms with Crippen molar-refractivity contribution in [3.05, 3.63) is 35.6 Å². The molecule has 0 saturated heterocycles. The second-order valence-electron chi connectivity index (χ2n) is 3.10. The second-order valence-corrected chi connectivity index (χ2v) is 3.10. The van der Waals surface area contributed by atoms with E-state index in [1.807, 2.05) is 6.92 Å². The SMILES string of the molecule is [B]CC(O)(CC)c1cccc(F)c1. The van der Waals surface area contributed by atoms with E-state index in [9.17, 15) is 9.50 Å². The van der Waals surface area contributed by atoms with Crippen molar-refractivity contribution in [1.29, 1.82) is 0 Å². The van der Waals surface area contributed by atoms with Crippen molar-refractivity contribution in [2.45, 2.75) is 25.3 Å². The first-order chi connectivity index (χ1) is 6.12. The zero-order valence-electron chi connectivity index (χ0n) is 7.63. The minimum absolute atomic E-state index is 0.104. The lowest BCUT2D eigenvalue weighted by molar-refractivity contribution is 0.0535. The average molecular weight is 178 g/mol. The monoisotopic (exact) mass is 178 g/mol. The van der Waals surface area contributed by atoms with Crippen molar-refractivity contribution in [2.24, 2.45) is 0 Å². The van der Waals surface area contributed by atoms with Gasteiger partial charge in [-0.2, -0.15) is 0 Å². The molecule has 0 amide bonds. The van der Waals surface area contributed by atoms with E-state index in [0.29, 0.717) is 12.0 Å². The van der Waals surface area contributed by atoms with E-state index in [-0.39, 0.29) is 12.1 Å². The summed E-state index contributed by atoms with van der Waals surface area (Å²) in [6, 6.07) is 5.91. The molecule has 1 atom stereocenters. The number of benzene rings is 1. The summed E-state index contributed by atoms with van der Waals surface area (Å²) in [7, 11) is 5.43. The first kappa shape index (κ1) is 10.3. The van der Waals surface area contributed by atoms with Crippen molar-refractivity contribution in [3.8, 4) is 0 Å². The lowest BCUT2D eigenvalue weighted by atomic mass is 9.80. The normalized spacial score (nSPS) is 15.3. The zero-order chi connectivity index (χ0) is 9.90. The van der Waals surface area contributed by atoms with Crippen molar-refractivity contribution in [1.82, 2.24) is 0 Å². The summed E-state index contributed by atoms with van der Waals surface area (Å²) in [4.78, 5) is 0.